The minimum atomic E-state index is -0.747. The van der Waals surface area contributed by atoms with Crippen molar-refractivity contribution in [2.45, 2.75) is 38.1 Å². The van der Waals surface area contributed by atoms with Gasteiger partial charge in [-0.25, -0.2) is 9.69 Å². The van der Waals surface area contributed by atoms with E-state index in [-0.39, 0.29) is 6.04 Å². The second-order valence-electron chi connectivity index (χ2n) is 3.38. The van der Waals surface area contributed by atoms with E-state index < -0.39 is 11.5 Å². The molecule has 0 atom stereocenters. The Bertz CT molecular complexity index is 226. The van der Waals surface area contributed by atoms with Crippen LogP contribution in [0.1, 0.15) is 32.1 Å². The number of hydrogen-bond donors (Lipinski definition) is 0. The van der Waals surface area contributed by atoms with E-state index in [0.717, 1.165) is 37.0 Å². The summed E-state index contributed by atoms with van der Waals surface area (Å²) in [5, 5.41) is -0.747. The summed E-state index contributed by atoms with van der Waals surface area (Å²) in [5.41, 5.74) is 0. The molecule has 5 heteroatoms. The van der Waals surface area contributed by atoms with Crippen LogP contribution in [-0.2, 0) is 4.74 Å². The highest BCUT2D eigenvalue weighted by molar-refractivity contribution is 6.63. The highest BCUT2D eigenvalue weighted by Gasteiger charge is 2.30. The van der Waals surface area contributed by atoms with Crippen LogP contribution in [-0.4, -0.2) is 29.5 Å². The molecule has 0 unspecified atom stereocenters. The van der Waals surface area contributed by atoms with E-state index in [2.05, 4.69) is 4.74 Å². The maximum atomic E-state index is 11.3. The van der Waals surface area contributed by atoms with Crippen LogP contribution in [0.25, 0.3) is 0 Å². The number of methoxy groups -OCH3 is 1. The van der Waals surface area contributed by atoms with Crippen LogP contribution in [0.4, 0.5) is 9.59 Å². The van der Waals surface area contributed by atoms with Gasteiger partial charge in [-0.05, 0) is 24.4 Å². The molecule has 0 N–H and O–H groups in total. The van der Waals surface area contributed by atoms with Crippen LogP contribution < -0.4 is 0 Å². The van der Waals surface area contributed by atoms with Gasteiger partial charge in [-0.15, -0.1) is 0 Å². The number of imide groups is 1. The molecular weight excluding hydrogens is 206 g/mol. The Labute approximate surface area is 88.2 Å². The summed E-state index contributed by atoms with van der Waals surface area (Å²) in [5.74, 6) is 0. The third-order valence-corrected chi connectivity index (χ3v) is 2.68. The minimum absolute atomic E-state index is 0.0822. The zero-order valence-corrected chi connectivity index (χ0v) is 8.92. The fraction of sp³-hybridized carbons (Fsp3) is 0.778. The average molecular weight is 220 g/mol. The molecule has 0 aromatic heterocycles. The standard InChI is InChI=1S/C9H14ClNO3/c1-14-9(13)11(8(10)12)7-5-3-2-4-6-7/h7H,2-6H2,1H3. The first kappa shape index (κ1) is 11.3. The number of carbonyl (C=O) groups is 2. The average Bonchev–Trinajstić information content (AvgIpc) is 2.19. The van der Waals surface area contributed by atoms with Crippen LogP contribution in [0.3, 0.4) is 0 Å². The van der Waals surface area contributed by atoms with Gasteiger partial charge in [0, 0.05) is 6.04 Å². The van der Waals surface area contributed by atoms with Gasteiger partial charge in [-0.2, -0.15) is 0 Å². The van der Waals surface area contributed by atoms with Crippen molar-refractivity contribution in [2.24, 2.45) is 0 Å². The number of hydrogen-bond acceptors (Lipinski definition) is 3. The largest absolute Gasteiger partial charge is 0.452 e. The number of nitrogens with zero attached hydrogens (tertiary/aromatic N) is 1. The van der Waals surface area contributed by atoms with Gasteiger partial charge in [-0.3, -0.25) is 4.79 Å². The SMILES string of the molecule is COC(=O)N(C(=O)Cl)C1CCCCC1. The molecule has 1 aliphatic rings. The van der Waals surface area contributed by atoms with Gasteiger partial charge in [0.1, 0.15) is 0 Å². The summed E-state index contributed by atoms with van der Waals surface area (Å²) in [4.78, 5) is 23.3. The molecule has 0 radical (unpaired) electrons. The van der Waals surface area contributed by atoms with Crippen molar-refractivity contribution in [1.82, 2.24) is 4.90 Å². The molecule has 0 aromatic rings. The van der Waals surface area contributed by atoms with E-state index >= 15 is 0 Å². The Morgan fingerprint density at radius 2 is 1.86 bits per heavy atom. The van der Waals surface area contributed by atoms with E-state index in [1.165, 1.54) is 7.11 Å². The van der Waals surface area contributed by atoms with E-state index in [1.807, 2.05) is 0 Å². The molecule has 1 aliphatic carbocycles. The van der Waals surface area contributed by atoms with Crippen molar-refractivity contribution in [3.8, 4) is 0 Å². The lowest BCUT2D eigenvalue weighted by molar-refractivity contribution is 0.113. The van der Waals surface area contributed by atoms with Crippen molar-refractivity contribution in [3.63, 3.8) is 0 Å². The lowest BCUT2D eigenvalue weighted by atomic mass is 9.95. The molecular formula is C9H14ClNO3. The first-order valence-electron chi connectivity index (χ1n) is 4.73. The van der Waals surface area contributed by atoms with E-state index in [4.69, 9.17) is 11.6 Å². The van der Waals surface area contributed by atoms with Gasteiger partial charge in [-0.1, -0.05) is 19.3 Å². The van der Waals surface area contributed by atoms with E-state index in [9.17, 15) is 9.59 Å². The molecule has 1 fully saturated rings. The van der Waals surface area contributed by atoms with Crippen molar-refractivity contribution < 1.29 is 14.3 Å². The highest BCUT2D eigenvalue weighted by Crippen LogP contribution is 2.24. The van der Waals surface area contributed by atoms with Crippen molar-refractivity contribution in [1.29, 1.82) is 0 Å². The fourth-order valence-electron chi connectivity index (χ4n) is 1.80. The molecule has 0 aromatic carbocycles. The molecule has 1 rings (SSSR count). The normalized spacial score (nSPS) is 17.6. The summed E-state index contributed by atoms with van der Waals surface area (Å²) in [7, 11) is 1.25. The predicted molar refractivity (Wildman–Crippen MR) is 52.4 cm³/mol. The third kappa shape index (κ3) is 2.61. The summed E-state index contributed by atoms with van der Waals surface area (Å²) in [6.07, 6.45) is 4.21. The maximum Gasteiger partial charge on any atom is 0.417 e. The Hall–Kier alpha value is -0.770. The van der Waals surface area contributed by atoms with Crippen LogP contribution in [0.2, 0.25) is 0 Å². The number of rotatable bonds is 1. The molecule has 4 nitrogen and oxygen atoms in total. The molecule has 0 heterocycles. The first-order valence-corrected chi connectivity index (χ1v) is 5.11. The molecule has 14 heavy (non-hydrogen) atoms. The molecule has 0 saturated heterocycles. The fourth-order valence-corrected chi connectivity index (χ4v) is 2.01. The zero-order valence-electron chi connectivity index (χ0n) is 8.16. The number of ether oxygens (including phenoxy) is 1. The monoisotopic (exact) mass is 219 g/mol. The lowest BCUT2D eigenvalue weighted by Gasteiger charge is -2.29. The van der Waals surface area contributed by atoms with Crippen molar-refractivity contribution in [3.05, 3.63) is 0 Å². The first-order chi connectivity index (χ1) is 6.66. The van der Waals surface area contributed by atoms with Crippen LogP contribution in [0.5, 0.6) is 0 Å². The molecule has 0 aliphatic heterocycles. The Morgan fingerprint density at radius 3 is 2.29 bits per heavy atom. The third-order valence-electron chi connectivity index (χ3n) is 2.50. The van der Waals surface area contributed by atoms with Crippen LogP contribution in [0, 0.1) is 0 Å². The topological polar surface area (TPSA) is 46.6 Å². The van der Waals surface area contributed by atoms with Crippen molar-refractivity contribution >= 4 is 23.1 Å². The Balaban J connectivity index is 2.65. The van der Waals surface area contributed by atoms with Gasteiger partial charge in [0.15, 0.2) is 0 Å². The smallest absolute Gasteiger partial charge is 0.417 e. The Morgan fingerprint density at radius 1 is 1.29 bits per heavy atom. The van der Waals surface area contributed by atoms with Gasteiger partial charge in [0.05, 0.1) is 7.11 Å². The van der Waals surface area contributed by atoms with Crippen molar-refractivity contribution in [2.75, 3.05) is 7.11 Å². The van der Waals surface area contributed by atoms with Gasteiger partial charge in [0.2, 0.25) is 0 Å². The summed E-state index contributed by atoms with van der Waals surface area (Å²) in [6, 6.07) is -0.0822. The predicted octanol–water partition coefficient (Wildman–Crippen LogP) is 2.75. The molecule has 0 spiro atoms. The van der Waals surface area contributed by atoms with Gasteiger partial charge < -0.3 is 4.74 Å². The lowest BCUT2D eigenvalue weighted by Crippen LogP contribution is -2.43. The maximum absolute atomic E-state index is 11.3. The highest BCUT2D eigenvalue weighted by atomic mass is 35.5. The number of amides is 2. The number of halogens is 1. The van der Waals surface area contributed by atoms with Crippen LogP contribution in [0.15, 0.2) is 0 Å². The molecule has 80 valence electrons. The zero-order chi connectivity index (χ0) is 10.6. The molecule has 2 amide bonds. The summed E-state index contributed by atoms with van der Waals surface area (Å²) >= 11 is 5.34. The molecule has 1 saturated carbocycles. The second-order valence-corrected chi connectivity index (χ2v) is 3.71. The summed E-state index contributed by atoms with van der Waals surface area (Å²) in [6.45, 7) is 0. The number of carbonyl (C=O) groups excluding carboxylic acids is 2. The second kappa shape index (κ2) is 5.20. The Kier molecular flexibility index (Phi) is 4.20. The molecule has 0 bridgehead atoms. The summed E-state index contributed by atoms with van der Waals surface area (Å²) < 4.78 is 4.51. The van der Waals surface area contributed by atoms with Crippen LogP contribution >= 0.6 is 11.6 Å². The van der Waals surface area contributed by atoms with Gasteiger partial charge >= 0.3 is 11.5 Å². The minimum Gasteiger partial charge on any atom is -0.452 e. The quantitative estimate of drug-likeness (QED) is 0.503. The van der Waals surface area contributed by atoms with E-state index in [0.29, 0.717) is 0 Å². The van der Waals surface area contributed by atoms with Gasteiger partial charge in [0.25, 0.3) is 0 Å². The van der Waals surface area contributed by atoms with E-state index in [1.54, 1.807) is 0 Å².